The SMILES string of the molecule is CCOC(=O)Cc1nnc(SCC(=O)NC(=O)NC)n1C. The molecule has 0 aliphatic heterocycles. The molecule has 0 unspecified atom stereocenters. The summed E-state index contributed by atoms with van der Waals surface area (Å²) in [5.41, 5.74) is 0. The largest absolute Gasteiger partial charge is 0.466 e. The minimum atomic E-state index is -0.568. The molecule has 0 spiro atoms. The molecule has 3 amide bonds. The highest BCUT2D eigenvalue weighted by molar-refractivity contribution is 7.99. The molecular weight excluding hydrogens is 298 g/mol. The van der Waals surface area contributed by atoms with E-state index in [0.717, 1.165) is 11.8 Å². The Morgan fingerprint density at radius 3 is 2.67 bits per heavy atom. The molecule has 1 aromatic rings. The molecule has 9 nitrogen and oxygen atoms in total. The predicted octanol–water partition coefficient (Wildman–Crippen LogP) is -0.532. The van der Waals surface area contributed by atoms with Crippen LogP contribution >= 0.6 is 11.8 Å². The van der Waals surface area contributed by atoms with Crippen LogP contribution in [-0.4, -0.2) is 52.1 Å². The van der Waals surface area contributed by atoms with Crippen LogP contribution in [0.5, 0.6) is 0 Å². The topological polar surface area (TPSA) is 115 Å². The van der Waals surface area contributed by atoms with Crippen molar-refractivity contribution in [3.63, 3.8) is 0 Å². The van der Waals surface area contributed by atoms with E-state index >= 15 is 0 Å². The quantitative estimate of drug-likeness (QED) is 0.535. The molecule has 0 saturated heterocycles. The molecule has 1 heterocycles. The summed E-state index contributed by atoms with van der Waals surface area (Å²) in [6.45, 7) is 2.03. The number of hydrogen-bond acceptors (Lipinski definition) is 7. The maximum atomic E-state index is 11.4. The standard InChI is InChI=1S/C11H17N5O4S/c1-4-20-9(18)5-7-14-15-11(16(7)3)21-6-8(17)13-10(19)12-2/h4-6H2,1-3H3,(H2,12,13,17,19). The van der Waals surface area contributed by atoms with Gasteiger partial charge in [0.25, 0.3) is 0 Å². The third-order valence-corrected chi connectivity index (χ3v) is 3.37. The molecule has 0 aliphatic rings. The van der Waals surface area contributed by atoms with Gasteiger partial charge in [-0.15, -0.1) is 10.2 Å². The van der Waals surface area contributed by atoms with Crippen LogP contribution in [0.1, 0.15) is 12.7 Å². The van der Waals surface area contributed by atoms with Crippen LogP contribution in [0.4, 0.5) is 4.79 Å². The van der Waals surface area contributed by atoms with Crippen LogP contribution in [0, 0.1) is 0 Å². The van der Waals surface area contributed by atoms with Crippen LogP contribution in [0.25, 0.3) is 0 Å². The lowest BCUT2D eigenvalue weighted by Gasteiger charge is -2.04. The highest BCUT2D eigenvalue weighted by Gasteiger charge is 2.15. The van der Waals surface area contributed by atoms with Crippen molar-refractivity contribution in [3.05, 3.63) is 5.82 Å². The number of rotatable bonds is 6. The summed E-state index contributed by atoms with van der Waals surface area (Å²) in [5.74, 6) is -0.377. The van der Waals surface area contributed by atoms with Gasteiger partial charge in [-0.3, -0.25) is 14.9 Å². The Bertz CT molecular complexity index is 531. The second-order valence-corrected chi connectivity index (χ2v) is 4.80. The van der Waals surface area contributed by atoms with Gasteiger partial charge in [0.1, 0.15) is 12.2 Å². The van der Waals surface area contributed by atoms with E-state index in [1.807, 2.05) is 0 Å². The zero-order valence-electron chi connectivity index (χ0n) is 12.0. The van der Waals surface area contributed by atoms with Crippen molar-refractivity contribution in [2.45, 2.75) is 18.5 Å². The van der Waals surface area contributed by atoms with E-state index in [1.54, 1.807) is 18.5 Å². The van der Waals surface area contributed by atoms with Crippen LogP contribution in [0.2, 0.25) is 0 Å². The summed E-state index contributed by atoms with van der Waals surface area (Å²) in [5, 5.41) is 12.6. The Hall–Kier alpha value is -2.10. The van der Waals surface area contributed by atoms with E-state index in [4.69, 9.17) is 4.74 Å². The number of imide groups is 1. The van der Waals surface area contributed by atoms with Crippen molar-refractivity contribution in [3.8, 4) is 0 Å². The Kier molecular flexibility index (Phi) is 6.66. The lowest BCUT2D eigenvalue weighted by molar-refractivity contribution is -0.142. The number of thioether (sulfide) groups is 1. The first kappa shape index (κ1) is 17.0. The molecule has 0 aromatic carbocycles. The zero-order valence-corrected chi connectivity index (χ0v) is 12.8. The Morgan fingerprint density at radius 1 is 1.33 bits per heavy atom. The fourth-order valence-corrected chi connectivity index (χ4v) is 2.05. The molecule has 0 bridgehead atoms. The maximum absolute atomic E-state index is 11.4. The van der Waals surface area contributed by atoms with E-state index < -0.39 is 11.9 Å². The second kappa shape index (κ2) is 8.25. The van der Waals surface area contributed by atoms with E-state index in [2.05, 4.69) is 20.8 Å². The van der Waals surface area contributed by atoms with Crippen molar-refractivity contribution in [1.82, 2.24) is 25.4 Å². The van der Waals surface area contributed by atoms with E-state index in [0.29, 0.717) is 17.6 Å². The van der Waals surface area contributed by atoms with E-state index in [1.165, 1.54) is 7.05 Å². The molecule has 1 aromatic heterocycles. The number of carbonyl (C=O) groups excluding carboxylic acids is 3. The van der Waals surface area contributed by atoms with Gasteiger partial charge in [0.2, 0.25) is 5.91 Å². The van der Waals surface area contributed by atoms with Crippen LogP contribution in [-0.2, 0) is 27.8 Å². The summed E-state index contributed by atoms with van der Waals surface area (Å²) < 4.78 is 6.43. The number of carbonyl (C=O) groups is 3. The number of nitrogens with zero attached hydrogens (tertiary/aromatic N) is 3. The monoisotopic (exact) mass is 315 g/mol. The summed E-state index contributed by atoms with van der Waals surface area (Å²) >= 11 is 1.11. The van der Waals surface area contributed by atoms with Gasteiger partial charge in [-0.25, -0.2) is 4.79 Å². The number of amides is 3. The minimum Gasteiger partial charge on any atom is -0.466 e. The minimum absolute atomic E-state index is 0.0127. The molecule has 116 valence electrons. The van der Waals surface area contributed by atoms with Gasteiger partial charge in [0.05, 0.1) is 12.4 Å². The normalized spacial score (nSPS) is 10.0. The average molecular weight is 315 g/mol. The Labute approximate surface area is 125 Å². The van der Waals surface area contributed by atoms with Gasteiger partial charge in [0, 0.05) is 14.1 Å². The third kappa shape index (κ3) is 5.42. The second-order valence-electron chi connectivity index (χ2n) is 3.86. The lowest BCUT2D eigenvalue weighted by atomic mass is 10.4. The van der Waals surface area contributed by atoms with E-state index in [9.17, 15) is 14.4 Å². The van der Waals surface area contributed by atoms with Crippen molar-refractivity contribution < 1.29 is 19.1 Å². The zero-order chi connectivity index (χ0) is 15.8. The Morgan fingerprint density at radius 2 is 2.05 bits per heavy atom. The highest BCUT2D eigenvalue weighted by Crippen LogP contribution is 2.15. The number of esters is 1. The molecule has 2 N–H and O–H groups in total. The predicted molar refractivity (Wildman–Crippen MR) is 74.7 cm³/mol. The summed E-state index contributed by atoms with van der Waals surface area (Å²) in [4.78, 5) is 33.8. The number of aromatic nitrogens is 3. The van der Waals surface area contributed by atoms with Gasteiger partial charge >= 0.3 is 12.0 Å². The smallest absolute Gasteiger partial charge is 0.321 e. The molecule has 0 atom stereocenters. The van der Waals surface area contributed by atoms with Crippen molar-refractivity contribution >= 4 is 29.7 Å². The van der Waals surface area contributed by atoms with Gasteiger partial charge < -0.3 is 14.6 Å². The highest BCUT2D eigenvalue weighted by atomic mass is 32.2. The van der Waals surface area contributed by atoms with Crippen molar-refractivity contribution in [2.24, 2.45) is 7.05 Å². The average Bonchev–Trinajstić information content (AvgIpc) is 2.77. The van der Waals surface area contributed by atoms with Crippen molar-refractivity contribution in [2.75, 3.05) is 19.4 Å². The maximum Gasteiger partial charge on any atom is 0.321 e. The fourth-order valence-electron chi connectivity index (χ4n) is 1.32. The molecule has 10 heteroatoms. The molecule has 0 saturated carbocycles. The fraction of sp³-hybridized carbons (Fsp3) is 0.545. The molecule has 0 radical (unpaired) electrons. The van der Waals surface area contributed by atoms with Crippen LogP contribution in [0.15, 0.2) is 5.16 Å². The van der Waals surface area contributed by atoms with Crippen LogP contribution < -0.4 is 10.6 Å². The van der Waals surface area contributed by atoms with Crippen molar-refractivity contribution in [1.29, 1.82) is 0 Å². The first-order chi connectivity index (χ1) is 9.97. The van der Waals surface area contributed by atoms with Gasteiger partial charge in [-0.1, -0.05) is 11.8 Å². The third-order valence-electron chi connectivity index (χ3n) is 2.35. The first-order valence-corrected chi connectivity index (χ1v) is 7.14. The number of hydrogen-bond donors (Lipinski definition) is 2. The van der Waals surface area contributed by atoms with Crippen LogP contribution in [0.3, 0.4) is 0 Å². The molecular formula is C11H17N5O4S. The first-order valence-electron chi connectivity index (χ1n) is 6.16. The summed E-state index contributed by atoms with van der Waals surface area (Å²) in [7, 11) is 3.10. The van der Waals surface area contributed by atoms with Gasteiger partial charge in [-0.05, 0) is 6.92 Å². The van der Waals surface area contributed by atoms with Gasteiger partial charge in [0.15, 0.2) is 5.16 Å². The molecule has 0 fully saturated rings. The Balaban J connectivity index is 2.54. The number of urea groups is 1. The molecule has 0 aliphatic carbocycles. The molecule has 21 heavy (non-hydrogen) atoms. The summed E-state index contributed by atoms with van der Waals surface area (Å²) in [6.07, 6.45) is 0.0162. The lowest BCUT2D eigenvalue weighted by Crippen LogP contribution is -2.38. The van der Waals surface area contributed by atoms with E-state index in [-0.39, 0.29) is 18.1 Å². The number of ether oxygens (including phenoxy) is 1. The summed E-state index contributed by atoms with van der Waals surface area (Å²) in [6, 6.07) is -0.568. The number of nitrogens with one attached hydrogen (secondary N) is 2. The van der Waals surface area contributed by atoms with Gasteiger partial charge in [-0.2, -0.15) is 0 Å². The molecule has 1 rings (SSSR count).